The van der Waals surface area contributed by atoms with E-state index in [2.05, 4.69) is 5.18 Å². The molecule has 0 atom stereocenters. The summed E-state index contributed by atoms with van der Waals surface area (Å²) in [5, 5.41) is 12.0. The van der Waals surface area contributed by atoms with Gasteiger partial charge < -0.3 is 24.1 Å². The van der Waals surface area contributed by atoms with Crippen LogP contribution in [-0.2, 0) is 14.3 Å². The van der Waals surface area contributed by atoms with E-state index in [1.807, 2.05) is 0 Å². The highest BCUT2D eigenvalue weighted by atomic mass is 16.7. The number of rotatable bonds is 9. The number of carbonyl (C=O) groups excluding carboxylic acids is 2. The number of carbonyl (C=O) groups is 2. The van der Waals surface area contributed by atoms with Gasteiger partial charge in [0.05, 0.1) is 6.61 Å². The highest BCUT2D eigenvalue weighted by Gasteiger charge is 2.32. The maximum Gasteiger partial charge on any atom is 0.514 e. The van der Waals surface area contributed by atoms with E-state index < -0.39 is 23.3 Å². The van der Waals surface area contributed by atoms with Crippen LogP contribution < -0.4 is 9.47 Å². The first-order valence-corrected chi connectivity index (χ1v) is 9.50. The highest BCUT2D eigenvalue weighted by Crippen LogP contribution is 2.23. The largest absolute Gasteiger partial charge is 0.514 e. The average Bonchev–Trinajstić information content (AvgIpc) is 2.69. The van der Waals surface area contributed by atoms with Gasteiger partial charge >= 0.3 is 12.1 Å². The Morgan fingerprint density at radius 3 is 2.03 bits per heavy atom. The van der Waals surface area contributed by atoms with Crippen LogP contribution in [0.25, 0.3) is 0 Å². The van der Waals surface area contributed by atoms with Crippen LogP contribution in [0.1, 0.15) is 34.1 Å². The molecule has 0 saturated heterocycles. The molecule has 0 aliphatic carbocycles. The standard InChI is InChI=1S/C22H25NO8/c1-21(2,31-20(26)30-18-9-5-15(23-27)6-10-18)13-14-28-22(3,4)19(25)29-17-11-7-16(24)8-12-17/h5-12,24H,13-14H2,1-4H3. The zero-order valence-electron chi connectivity index (χ0n) is 17.8. The van der Waals surface area contributed by atoms with Crippen molar-refractivity contribution >= 4 is 17.8 Å². The summed E-state index contributed by atoms with van der Waals surface area (Å²) in [5.41, 5.74) is -1.97. The van der Waals surface area contributed by atoms with Crippen molar-refractivity contribution in [1.29, 1.82) is 0 Å². The van der Waals surface area contributed by atoms with Gasteiger partial charge in [0.2, 0.25) is 0 Å². The Labute approximate surface area is 179 Å². The van der Waals surface area contributed by atoms with Gasteiger partial charge in [-0.2, -0.15) is 0 Å². The summed E-state index contributed by atoms with van der Waals surface area (Å²) in [6, 6.07) is 11.4. The summed E-state index contributed by atoms with van der Waals surface area (Å²) in [6.45, 7) is 6.60. The van der Waals surface area contributed by atoms with Crippen LogP contribution in [0.2, 0.25) is 0 Å². The zero-order valence-corrected chi connectivity index (χ0v) is 17.8. The number of hydrogen-bond donors (Lipinski definition) is 1. The minimum Gasteiger partial charge on any atom is -0.508 e. The molecular formula is C22H25NO8. The summed E-state index contributed by atoms with van der Waals surface area (Å²) < 4.78 is 21.3. The van der Waals surface area contributed by atoms with E-state index in [0.29, 0.717) is 0 Å². The quantitative estimate of drug-likeness (QED) is 0.258. The van der Waals surface area contributed by atoms with E-state index in [1.165, 1.54) is 48.5 Å². The molecule has 0 aliphatic rings. The molecule has 0 bridgehead atoms. The third-order valence-electron chi connectivity index (χ3n) is 4.21. The minimum atomic E-state index is -1.25. The molecule has 2 rings (SSSR count). The van der Waals surface area contributed by atoms with Gasteiger partial charge in [0.25, 0.3) is 0 Å². The molecule has 2 aromatic rings. The van der Waals surface area contributed by atoms with Crippen LogP contribution in [-0.4, -0.2) is 35.0 Å². The van der Waals surface area contributed by atoms with Crippen molar-refractivity contribution in [3.63, 3.8) is 0 Å². The second-order valence-electron chi connectivity index (χ2n) is 7.79. The fraction of sp³-hybridized carbons (Fsp3) is 0.364. The number of nitrogens with zero attached hydrogens (tertiary/aromatic N) is 1. The van der Waals surface area contributed by atoms with E-state index in [1.54, 1.807) is 27.7 Å². The molecule has 0 aliphatic heterocycles. The van der Waals surface area contributed by atoms with Crippen molar-refractivity contribution in [2.75, 3.05) is 6.61 Å². The molecule has 0 radical (unpaired) electrons. The second kappa shape index (κ2) is 10.0. The minimum absolute atomic E-state index is 0.0612. The van der Waals surface area contributed by atoms with Crippen molar-refractivity contribution in [3.8, 4) is 17.2 Å². The van der Waals surface area contributed by atoms with Gasteiger partial charge in [0, 0.05) is 6.42 Å². The van der Waals surface area contributed by atoms with Crippen molar-refractivity contribution in [3.05, 3.63) is 53.4 Å². The molecule has 166 valence electrons. The van der Waals surface area contributed by atoms with Crippen molar-refractivity contribution in [2.45, 2.75) is 45.3 Å². The molecule has 0 saturated carbocycles. The molecule has 0 unspecified atom stereocenters. The predicted molar refractivity (Wildman–Crippen MR) is 111 cm³/mol. The van der Waals surface area contributed by atoms with Crippen LogP contribution in [0.15, 0.2) is 53.7 Å². The number of phenolic OH excluding ortho intramolecular Hbond substituents is 1. The highest BCUT2D eigenvalue weighted by molar-refractivity contribution is 5.80. The van der Waals surface area contributed by atoms with Crippen LogP contribution in [0.5, 0.6) is 17.2 Å². The van der Waals surface area contributed by atoms with Crippen LogP contribution in [0.3, 0.4) is 0 Å². The zero-order chi connectivity index (χ0) is 23.1. The topological polar surface area (TPSA) is 121 Å². The van der Waals surface area contributed by atoms with Crippen molar-refractivity contribution < 1.29 is 33.6 Å². The Morgan fingerprint density at radius 2 is 1.45 bits per heavy atom. The number of benzene rings is 2. The Balaban J connectivity index is 1.81. The maximum absolute atomic E-state index is 12.4. The fourth-order valence-corrected chi connectivity index (χ4v) is 2.32. The van der Waals surface area contributed by atoms with Gasteiger partial charge in [0.1, 0.15) is 28.5 Å². The fourth-order valence-electron chi connectivity index (χ4n) is 2.32. The van der Waals surface area contributed by atoms with Gasteiger partial charge in [0.15, 0.2) is 5.60 Å². The summed E-state index contributed by atoms with van der Waals surface area (Å²) in [4.78, 5) is 34.8. The van der Waals surface area contributed by atoms with E-state index in [-0.39, 0.29) is 36.0 Å². The van der Waals surface area contributed by atoms with E-state index in [4.69, 9.17) is 18.9 Å². The molecule has 0 aromatic heterocycles. The first kappa shape index (κ1) is 23.8. The molecule has 0 amide bonds. The molecule has 0 spiro atoms. The van der Waals surface area contributed by atoms with Crippen molar-refractivity contribution in [2.24, 2.45) is 5.18 Å². The van der Waals surface area contributed by atoms with Crippen LogP contribution >= 0.6 is 0 Å². The lowest BCUT2D eigenvalue weighted by atomic mass is 10.1. The summed E-state index contributed by atoms with van der Waals surface area (Å²) in [7, 11) is 0. The third kappa shape index (κ3) is 7.71. The Bertz CT molecular complexity index is 904. The van der Waals surface area contributed by atoms with E-state index in [0.717, 1.165) is 0 Å². The number of nitroso groups, excluding NO2 is 1. The van der Waals surface area contributed by atoms with Gasteiger partial charge in [-0.3, -0.25) is 0 Å². The Hall–Kier alpha value is -3.46. The smallest absolute Gasteiger partial charge is 0.508 e. The lowest BCUT2D eigenvalue weighted by molar-refractivity contribution is -0.159. The van der Waals surface area contributed by atoms with Crippen LogP contribution in [0, 0.1) is 4.91 Å². The molecule has 9 heteroatoms. The monoisotopic (exact) mass is 431 g/mol. The number of aromatic hydroxyl groups is 1. The predicted octanol–water partition coefficient (Wildman–Crippen LogP) is 4.88. The van der Waals surface area contributed by atoms with Gasteiger partial charge in [-0.25, -0.2) is 9.59 Å². The normalized spacial score (nSPS) is 11.5. The Morgan fingerprint density at radius 1 is 0.903 bits per heavy atom. The number of esters is 1. The molecular weight excluding hydrogens is 406 g/mol. The number of hydrogen-bond acceptors (Lipinski definition) is 9. The first-order valence-electron chi connectivity index (χ1n) is 9.50. The number of ether oxygens (including phenoxy) is 4. The number of phenols is 1. The van der Waals surface area contributed by atoms with Gasteiger partial charge in [-0.05, 0) is 81.4 Å². The average molecular weight is 431 g/mol. The van der Waals surface area contributed by atoms with Gasteiger partial charge in [-0.1, -0.05) is 0 Å². The maximum atomic E-state index is 12.4. The Kier molecular flexibility index (Phi) is 7.71. The first-order chi connectivity index (χ1) is 14.5. The molecule has 1 N–H and O–H groups in total. The van der Waals surface area contributed by atoms with E-state index >= 15 is 0 Å². The molecule has 0 fully saturated rings. The SMILES string of the molecule is CC(C)(CCOC(C)(C)C(=O)Oc1ccc(O)cc1)OC(=O)Oc1ccc(N=O)cc1. The summed E-state index contributed by atoms with van der Waals surface area (Å²) >= 11 is 0. The lowest BCUT2D eigenvalue weighted by Gasteiger charge is -2.28. The van der Waals surface area contributed by atoms with Gasteiger partial charge in [-0.15, -0.1) is 4.91 Å². The summed E-state index contributed by atoms with van der Waals surface area (Å²) in [5.74, 6) is -0.0546. The molecule has 0 heterocycles. The second-order valence-corrected chi connectivity index (χ2v) is 7.79. The third-order valence-corrected chi connectivity index (χ3v) is 4.21. The molecule has 9 nitrogen and oxygen atoms in total. The van der Waals surface area contributed by atoms with Crippen molar-refractivity contribution in [1.82, 2.24) is 0 Å². The van der Waals surface area contributed by atoms with Crippen LogP contribution in [0.4, 0.5) is 10.5 Å². The molecule has 31 heavy (non-hydrogen) atoms. The van der Waals surface area contributed by atoms with E-state index in [9.17, 15) is 19.6 Å². The summed E-state index contributed by atoms with van der Waals surface area (Å²) in [6.07, 6.45) is -0.630. The molecule has 2 aromatic carbocycles. The lowest BCUT2D eigenvalue weighted by Crippen LogP contribution is -2.40.